The summed E-state index contributed by atoms with van der Waals surface area (Å²) in [6.07, 6.45) is 3.40. The van der Waals surface area contributed by atoms with Crippen LogP contribution in [0.4, 0.5) is 0 Å². The molecule has 7 heteroatoms. The van der Waals surface area contributed by atoms with Gasteiger partial charge in [0.15, 0.2) is 5.82 Å². The molecule has 0 spiro atoms. The summed E-state index contributed by atoms with van der Waals surface area (Å²) >= 11 is 1.31. The number of rotatable bonds is 1. The van der Waals surface area contributed by atoms with Crippen LogP contribution in [0.5, 0.6) is 0 Å². The number of likely N-dealkylation sites (tertiary alicyclic amines) is 1. The number of amides is 1. The summed E-state index contributed by atoms with van der Waals surface area (Å²) in [6.45, 7) is 3.52. The van der Waals surface area contributed by atoms with Crippen molar-refractivity contribution in [2.75, 3.05) is 13.1 Å². The Morgan fingerprint density at radius 3 is 2.71 bits per heavy atom. The maximum Gasteiger partial charge on any atom is 0.284 e. The molecule has 0 N–H and O–H groups in total. The number of hydrogen-bond acceptors (Lipinski definition) is 5. The average Bonchev–Trinajstić information content (AvgIpc) is 2.92. The summed E-state index contributed by atoms with van der Waals surface area (Å²) in [5, 5.41) is 12.6. The highest BCUT2D eigenvalue weighted by Crippen LogP contribution is 2.18. The molecule has 1 aliphatic rings. The van der Waals surface area contributed by atoms with E-state index in [0.29, 0.717) is 15.8 Å². The van der Waals surface area contributed by atoms with Gasteiger partial charge in [-0.2, -0.15) is 4.52 Å². The van der Waals surface area contributed by atoms with Crippen molar-refractivity contribution >= 4 is 22.2 Å². The van der Waals surface area contributed by atoms with E-state index in [0.717, 1.165) is 25.9 Å². The van der Waals surface area contributed by atoms with Crippen LogP contribution in [0.25, 0.3) is 4.96 Å². The first kappa shape index (κ1) is 10.6. The lowest BCUT2D eigenvalue weighted by Crippen LogP contribution is -2.35. The van der Waals surface area contributed by atoms with Gasteiger partial charge in [0.05, 0.1) is 0 Å². The van der Waals surface area contributed by atoms with Gasteiger partial charge in [-0.1, -0.05) is 11.3 Å². The Kier molecular flexibility index (Phi) is 2.54. The van der Waals surface area contributed by atoms with E-state index in [1.54, 1.807) is 4.52 Å². The Hall–Kier alpha value is -1.50. The average molecular weight is 251 g/mol. The first-order valence-electron chi connectivity index (χ1n) is 5.74. The van der Waals surface area contributed by atoms with Gasteiger partial charge in [0.1, 0.15) is 0 Å². The van der Waals surface area contributed by atoms with Crippen molar-refractivity contribution in [1.29, 1.82) is 0 Å². The molecule has 3 heterocycles. The van der Waals surface area contributed by atoms with Crippen molar-refractivity contribution in [2.24, 2.45) is 0 Å². The normalized spacial score (nSPS) is 16.6. The van der Waals surface area contributed by atoms with E-state index in [1.165, 1.54) is 17.8 Å². The Morgan fingerprint density at radius 1 is 1.24 bits per heavy atom. The quantitative estimate of drug-likeness (QED) is 0.762. The van der Waals surface area contributed by atoms with Crippen LogP contribution in [-0.2, 0) is 0 Å². The molecule has 1 aliphatic heterocycles. The molecule has 2 aromatic rings. The molecule has 0 unspecified atom stereocenters. The molecule has 6 nitrogen and oxygen atoms in total. The molecule has 3 rings (SSSR count). The molecule has 0 aliphatic carbocycles. The zero-order valence-corrected chi connectivity index (χ0v) is 10.4. The number of piperidine rings is 1. The van der Waals surface area contributed by atoms with Crippen molar-refractivity contribution in [3.63, 3.8) is 0 Å². The van der Waals surface area contributed by atoms with Crippen molar-refractivity contribution in [3.05, 3.63) is 10.8 Å². The predicted molar refractivity (Wildman–Crippen MR) is 63.2 cm³/mol. The Morgan fingerprint density at radius 2 is 2.00 bits per heavy atom. The molecule has 2 aromatic heterocycles. The molecular formula is C10H13N5OS. The second-order valence-electron chi connectivity index (χ2n) is 4.20. The van der Waals surface area contributed by atoms with Crippen LogP contribution < -0.4 is 0 Å². The summed E-state index contributed by atoms with van der Waals surface area (Å²) < 4.78 is 1.63. The number of fused-ring (bicyclic) bond motifs is 1. The van der Waals surface area contributed by atoms with Crippen molar-refractivity contribution in [2.45, 2.75) is 26.2 Å². The maximum atomic E-state index is 12.2. The van der Waals surface area contributed by atoms with E-state index in [2.05, 4.69) is 15.3 Å². The van der Waals surface area contributed by atoms with E-state index in [-0.39, 0.29) is 5.91 Å². The molecule has 0 aromatic carbocycles. The van der Waals surface area contributed by atoms with Gasteiger partial charge in [-0.25, -0.2) is 0 Å². The van der Waals surface area contributed by atoms with Crippen molar-refractivity contribution in [3.8, 4) is 0 Å². The van der Waals surface area contributed by atoms with Gasteiger partial charge < -0.3 is 4.90 Å². The van der Waals surface area contributed by atoms with E-state index >= 15 is 0 Å². The molecule has 0 bridgehead atoms. The summed E-state index contributed by atoms with van der Waals surface area (Å²) in [5.74, 6) is 0.744. The van der Waals surface area contributed by atoms with Gasteiger partial charge in [0, 0.05) is 13.1 Å². The Labute approximate surface area is 102 Å². The standard InChI is InChI=1S/C10H13N5OS/c1-7-11-12-10-15(7)13-8(17-10)9(16)14-5-3-2-4-6-14/h2-6H2,1H3. The van der Waals surface area contributed by atoms with Crippen LogP contribution in [0.3, 0.4) is 0 Å². The molecule has 0 saturated carbocycles. The molecule has 0 radical (unpaired) electrons. The number of carbonyl (C=O) groups is 1. The number of hydrogen-bond donors (Lipinski definition) is 0. The van der Waals surface area contributed by atoms with Crippen LogP contribution in [0.2, 0.25) is 0 Å². The maximum absolute atomic E-state index is 12.2. The monoisotopic (exact) mass is 251 g/mol. The second-order valence-corrected chi connectivity index (χ2v) is 5.16. The van der Waals surface area contributed by atoms with Gasteiger partial charge >= 0.3 is 0 Å². The lowest BCUT2D eigenvalue weighted by molar-refractivity contribution is 0.0722. The fraction of sp³-hybridized carbons (Fsp3) is 0.600. The summed E-state index contributed by atoms with van der Waals surface area (Å²) in [5.41, 5.74) is 0. The van der Waals surface area contributed by atoms with E-state index in [9.17, 15) is 4.79 Å². The highest BCUT2D eigenvalue weighted by molar-refractivity contribution is 7.18. The first-order chi connectivity index (χ1) is 8.25. The van der Waals surface area contributed by atoms with E-state index in [4.69, 9.17) is 0 Å². The fourth-order valence-corrected chi connectivity index (χ4v) is 2.89. The highest BCUT2D eigenvalue weighted by Gasteiger charge is 2.22. The van der Waals surface area contributed by atoms with Gasteiger partial charge in [-0.3, -0.25) is 4.79 Å². The lowest BCUT2D eigenvalue weighted by Gasteiger charge is -2.25. The van der Waals surface area contributed by atoms with Gasteiger partial charge in [0.2, 0.25) is 9.97 Å². The smallest absolute Gasteiger partial charge is 0.284 e. The molecule has 90 valence electrons. The minimum atomic E-state index is 0.0274. The molecule has 1 fully saturated rings. The number of aryl methyl sites for hydroxylation is 1. The van der Waals surface area contributed by atoms with E-state index < -0.39 is 0 Å². The third-order valence-corrected chi connectivity index (χ3v) is 3.86. The topological polar surface area (TPSA) is 63.4 Å². The Bertz CT molecular complexity index is 554. The molecule has 1 amide bonds. The molecule has 1 saturated heterocycles. The highest BCUT2D eigenvalue weighted by atomic mass is 32.1. The number of nitrogens with zero attached hydrogens (tertiary/aromatic N) is 5. The van der Waals surface area contributed by atoms with Crippen LogP contribution >= 0.6 is 11.3 Å². The van der Waals surface area contributed by atoms with Crippen LogP contribution in [-0.4, -0.2) is 43.7 Å². The number of carbonyl (C=O) groups excluding carboxylic acids is 1. The van der Waals surface area contributed by atoms with Crippen molar-refractivity contribution in [1.82, 2.24) is 24.7 Å². The van der Waals surface area contributed by atoms with Gasteiger partial charge in [-0.15, -0.1) is 15.3 Å². The summed E-state index contributed by atoms with van der Waals surface area (Å²) in [7, 11) is 0. The second kappa shape index (κ2) is 4.06. The first-order valence-corrected chi connectivity index (χ1v) is 6.55. The van der Waals surface area contributed by atoms with Crippen molar-refractivity contribution < 1.29 is 4.79 Å². The Balaban J connectivity index is 1.89. The minimum absolute atomic E-state index is 0.0274. The minimum Gasteiger partial charge on any atom is -0.337 e. The lowest BCUT2D eigenvalue weighted by atomic mass is 10.1. The zero-order valence-electron chi connectivity index (χ0n) is 9.59. The predicted octanol–water partition coefficient (Wildman–Crippen LogP) is 1.12. The summed E-state index contributed by atoms with van der Waals surface area (Å²) in [6, 6.07) is 0. The largest absolute Gasteiger partial charge is 0.337 e. The fourth-order valence-electron chi connectivity index (χ4n) is 2.03. The van der Waals surface area contributed by atoms with E-state index in [1.807, 2.05) is 11.8 Å². The summed E-state index contributed by atoms with van der Waals surface area (Å²) in [4.78, 5) is 14.8. The zero-order chi connectivity index (χ0) is 11.8. The third-order valence-electron chi connectivity index (χ3n) is 2.97. The third kappa shape index (κ3) is 1.80. The van der Waals surface area contributed by atoms with Crippen LogP contribution in [0, 0.1) is 6.92 Å². The SMILES string of the molecule is Cc1nnc2sc(C(=O)N3CCCCC3)nn12. The van der Waals surface area contributed by atoms with Crippen LogP contribution in [0.15, 0.2) is 0 Å². The molecule has 0 atom stereocenters. The number of aromatic nitrogens is 4. The molecular weight excluding hydrogens is 238 g/mol. The van der Waals surface area contributed by atoms with Crippen LogP contribution in [0.1, 0.15) is 34.9 Å². The molecule has 17 heavy (non-hydrogen) atoms. The van der Waals surface area contributed by atoms with Gasteiger partial charge in [-0.05, 0) is 26.2 Å². The van der Waals surface area contributed by atoms with Gasteiger partial charge in [0.25, 0.3) is 5.91 Å².